The molecule has 1 aliphatic carbocycles. The zero-order valence-electron chi connectivity index (χ0n) is 11.4. The van der Waals surface area contributed by atoms with E-state index in [1.54, 1.807) is 6.07 Å². The second kappa shape index (κ2) is 5.57. The van der Waals surface area contributed by atoms with Crippen molar-refractivity contribution < 1.29 is 4.39 Å². The van der Waals surface area contributed by atoms with E-state index in [9.17, 15) is 4.39 Å². The van der Waals surface area contributed by atoms with Crippen LogP contribution in [-0.4, -0.2) is 6.04 Å². The number of halogens is 2. The number of nitrogens with one attached hydrogen (secondary N) is 1. The summed E-state index contributed by atoms with van der Waals surface area (Å²) < 4.78 is 14.3. The smallest absolute Gasteiger partial charge is 0.123 e. The van der Waals surface area contributed by atoms with Gasteiger partial charge >= 0.3 is 0 Å². The Kier molecular flexibility index (Phi) is 3.79. The first-order chi connectivity index (χ1) is 9.63. The van der Waals surface area contributed by atoms with Gasteiger partial charge in [0.1, 0.15) is 5.82 Å². The zero-order valence-corrected chi connectivity index (χ0v) is 13.0. The third-order valence-electron chi connectivity index (χ3n) is 4.03. The van der Waals surface area contributed by atoms with Gasteiger partial charge in [0.2, 0.25) is 0 Å². The van der Waals surface area contributed by atoms with E-state index in [0.717, 1.165) is 24.1 Å². The van der Waals surface area contributed by atoms with Crippen LogP contribution in [0.5, 0.6) is 0 Å². The molecule has 2 aromatic rings. The molecule has 0 amide bonds. The molecule has 0 atom stereocenters. The van der Waals surface area contributed by atoms with E-state index < -0.39 is 0 Å². The summed E-state index contributed by atoms with van der Waals surface area (Å²) in [6.07, 6.45) is 2.25. The summed E-state index contributed by atoms with van der Waals surface area (Å²) in [5, 5.41) is 3.51. The van der Waals surface area contributed by atoms with Gasteiger partial charge in [0.25, 0.3) is 0 Å². The summed E-state index contributed by atoms with van der Waals surface area (Å²) in [4.78, 5) is 0. The molecule has 0 bridgehead atoms. The summed E-state index contributed by atoms with van der Waals surface area (Å²) in [7, 11) is 0. The molecule has 0 heterocycles. The van der Waals surface area contributed by atoms with E-state index in [-0.39, 0.29) is 5.82 Å². The van der Waals surface area contributed by atoms with E-state index >= 15 is 0 Å². The first kappa shape index (κ1) is 13.6. The fraction of sp³-hybridized carbons (Fsp3) is 0.294. The zero-order chi connectivity index (χ0) is 14.1. The first-order valence-corrected chi connectivity index (χ1v) is 7.70. The monoisotopic (exact) mass is 333 g/mol. The van der Waals surface area contributed by atoms with Crippen LogP contribution in [0.3, 0.4) is 0 Å². The van der Waals surface area contributed by atoms with Crippen LogP contribution < -0.4 is 5.32 Å². The Balaban J connectivity index is 1.62. The molecule has 1 aliphatic rings. The molecular formula is C17H17BrFN. The van der Waals surface area contributed by atoms with E-state index in [2.05, 4.69) is 39.4 Å². The van der Waals surface area contributed by atoms with Gasteiger partial charge in [0, 0.05) is 16.2 Å². The molecular weight excluding hydrogens is 317 g/mol. The molecule has 0 radical (unpaired) electrons. The van der Waals surface area contributed by atoms with Crippen molar-refractivity contribution in [2.24, 2.45) is 0 Å². The van der Waals surface area contributed by atoms with Crippen molar-refractivity contribution in [2.75, 3.05) is 5.32 Å². The highest BCUT2D eigenvalue weighted by Crippen LogP contribution is 2.41. The highest BCUT2D eigenvalue weighted by Gasteiger charge is 2.31. The van der Waals surface area contributed by atoms with Crippen molar-refractivity contribution in [3.63, 3.8) is 0 Å². The van der Waals surface area contributed by atoms with Crippen LogP contribution in [0.1, 0.15) is 29.9 Å². The van der Waals surface area contributed by atoms with E-state index in [1.807, 2.05) is 19.1 Å². The van der Waals surface area contributed by atoms with Crippen LogP contribution in [0.2, 0.25) is 0 Å². The van der Waals surface area contributed by atoms with Gasteiger partial charge in [0.15, 0.2) is 0 Å². The molecule has 1 nitrogen and oxygen atoms in total. The Morgan fingerprint density at radius 3 is 2.60 bits per heavy atom. The van der Waals surface area contributed by atoms with Crippen molar-refractivity contribution in [2.45, 2.75) is 31.7 Å². The van der Waals surface area contributed by atoms with E-state index in [0.29, 0.717) is 12.0 Å². The second-order valence-corrected chi connectivity index (χ2v) is 6.34. The van der Waals surface area contributed by atoms with Gasteiger partial charge < -0.3 is 5.32 Å². The van der Waals surface area contributed by atoms with E-state index in [4.69, 9.17) is 0 Å². The molecule has 1 saturated carbocycles. The minimum absolute atomic E-state index is 0.173. The molecule has 1 fully saturated rings. The van der Waals surface area contributed by atoms with Crippen LogP contribution in [-0.2, 0) is 0 Å². The maximum absolute atomic E-state index is 13.1. The Bertz CT molecular complexity index is 620. The molecule has 0 saturated heterocycles. The summed E-state index contributed by atoms with van der Waals surface area (Å²) in [6, 6.07) is 13.8. The van der Waals surface area contributed by atoms with Crippen molar-refractivity contribution >= 4 is 21.6 Å². The quantitative estimate of drug-likeness (QED) is 0.808. The number of hydrogen-bond donors (Lipinski definition) is 1. The van der Waals surface area contributed by atoms with Crippen molar-refractivity contribution in [1.29, 1.82) is 0 Å². The third kappa shape index (κ3) is 2.73. The second-order valence-electron chi connectivity index (χ2n) is 5.49. The van der Waals surface area contributed by atoms with Crippen LogP contribution in [0, 0.1) is 12.7 Å². The van der Waals surface area contributed by atoms with Crippen LogP contribution in [0.25, 0.3) is 0 Å². The lowest BCUT2D eigenvalue weighted by Crippen LogP contribution is -2.34. The Morgan fingerprint density at radius 1 is 1.15 bits per heavy atom. The number of rotatable bonds is 3. The lowest BCUT2D eigenvalue weighted by Gasteiger charge is -2.37. The summed E-state index contributed by atoms with van der Waals surface area (Å²) in [5.41, 5.74) is 3.40. The highest BCUT2D eigenvalue weighted by molar-refractivity contribution is 9.10. The van der Waals surface area contributed by atoms with Crippen molar-refractivity contribution in [3.8, 4) is 0 Å². The lowest BCUT2D eigenvalue weighted by atomic mass is 9.76. The lowest BCUT2D eigenvalue weighted by molar-refractivity contribution is 0.373. The number of hydrogen-bond acceptors (Lipinski definition) is 1. The van der Waals surface area contributed by atoms with Crippen molar-refractivity contribution in [3.05, 3.63) is 63.9 Å². The fourth-order valence-corrected chi connectivity index (χ4v) is 3.41. The predicted octanol–water partition coefficient (Wildman–Crippen LogP) is 5.25. The largest absolute Gasteiger partial charge is 0.382 e. The first-order valence-electron chi connectivity index (χ1n) is 6.90. The Hall–Kier alpha value is -1.35. The minimum atomic E-state index is -0.173. The molecule has 20 heavy (non-hydrogen) atoms. The Labute approximate surface area is 127 Å². The molecule has 0 aromatic heterocycles. The maximum Gasteiger partial charge on any atom is 0.123 e. The molecule has 0 aliphatic heterocycles. The van der Waals surface area contributed by atoms with Gasteiger partial charge in [-0.05, 0) is 61.1 Å². The molecule has 104 valence electrons. The number of aryl methyl sites for hydroxylation is 1. The molecule has 3 heteroatoms. The third-order valence-corrected chi connectivity index (χ3v) is 4.75. The van der Waals surface area contributed by atoms with Crippen LogP contribution in [0.15, 0.2) is 46.9 Å². The van der Waals surface area contributed by atoms with Crippen LogP contribution in [0.4, 0.5) is 10.1 Å². The van der Waals surface area contributed by atoms with Crippen LogP contribution >= 0.6 is 15.9 Å². The standard InChI is InChI=1S/C17H17BrFN/c1-11-8-13(19)6-7-17(11)20-14-9-12(10-14)15-4-2-3-5-16(15)18/h2-8,12,14,20H,9-10H2,1H3. The molecule has 2 aromatic carbocycles. The van der Waals surface area contributed by atoms with Gasteiger partial charge in [0.05, 0.1) is 0 Å². The van der Waals surface area contributed by atoms with Gasteiger partial charge in [-0.2, -0.15) is 0 Å². The average Bonchev–Trinajstić information content (AvgIpc) is 2.37. The summed E-state index contributed by atoms with van der Waals surface area (Å²) in [6.45, 7) is 1.94. The Morgan fingerprint density at radius 2 is 1.90 bits per heavy atom. The van der Waals surface area contributed by atoms with Gasteiger partial charge in [-0.25, -0.2) is 4.39 Å². The SMILES string of the molecule is Cc1cc(F)ccc1NC1CC(c2ccccc2Br)C1. The van der Waals surface area contributed by atoms with Gasteiger partial charge in [-0.3, -0.25) is 0 Å². The highest BCUT2D eigenvalue weighted by atomic mass is 79.9. The summed E-state index contributed by atoms with van der Waals surface area (Å²) >= 11 is 3.62. The topological polar surface area (TPSA) is 12.0 Å². The predicted molar refractivity (Wildman–Crippen MR) is 84.7 cm³/mol. The molecule has 0 unspecified atom stereocenters. The van der Waals surface area contributed by atoms with E-state index in [1.165, 1.54) is 16.1 Å². The minimum Gasteiger partial charge on any atom is -0.382 e. The molecule has 3 rings (SSSR count). The molecule has 0 spiro atoms. The van der Waals surface area contributed by atoms with Crippen molar-refractivity contribution in [1.82, 2.24) is 0 Å². The summed E-state index contributed by atoms with van der Waals surface area (Å²) in [5.74, 6) is 0.441. The number of anilines is 1. The average molecular weight is 334 g/mol. The van der Waals surface area contributed by atoms with Gasteiger partial charge in [-0.1, -0.05) is 34.1 Å². The normalized spacial score (nSPS) is 21.4. The maximum atomic E-state index is 13.1. The van der Waals surface area contributed by atoms with Gasteiger partial charge in [-0.15, -0.1) is 0 Å². The molecule has 1 N–H and O–H groups in total. The fourth-order valence-electron chi connectivity index (χ4n) is 2.80. The number of benzene rings is 2.